The van der Waals surface area contributed by atoms with Crippen LogP contribution in [0.5, 0.6) is 17.2 Å². The SMILES string of the molecule is COc1cc2c(c(O)c1OC)C(=O)[C@H]1CCC(=O)N1[C@@H]2c1cccc2ccccc12. The molecule has 1 fully saturated rings. The minimum absolute atomic E-state index is 0.0637. The predicted molar refractivity (Wildman–Crippen MR) is 111 cm³/mol. The Morgan fingerprint density at radius 3 is 2.53 bits per heavy atom. The Kier molecular flexibility index (Phi) is 4.17. The number of methoxy groups -OCH3 is 2. The van der Waals surface area contributed by atoms with E-state index in [1.54, 1.807) is 11.0 Å². The molecule has 2 aliphatic rings. The molecule has 1 saturated heterocycles. The lowest BCUT2D eigenvalue weighted by Crippen LogP contribution is -2.46. The van der Waals surface area contributed by atoms with Gasteiger partial charge in [-0.1, -0.05) is 42.5 Å². The summed E-state index contributed by atoms with van der Waals surface area (Å²) in [5, 5.41) is 13.0. The fraction of sp³-hybridized carbons (Fsp3) is 0.250. The second-order valence-electron chi connectivity index (χ2n) is 7.62. The molecule has 6 nitrogen and oxygen atoms in total. The fourth-order valence-electron chi connectivity index (χ4n) is 4.88. The molecule has 5 rings (SSSR count). The summed E-state index contributed by atoms with van der Waals surface area (Å²) in [7, 11) is 2.90. The van der Waals surface area contributed by atoms with E-state index in [0.29, 0.717) is 24.2 Å². The van der Waals surface area contributed by atoms with E-state index in [9.17, 15) is 14.7 Å². The summed E-state index contributed by atoms with van der Waals surface area (Å²) >= 11 is 0. The van der Waals surface area contributed by atoms with Gasteiger partial charge in [-0.15, -0.1) is 0 Å². The largest absolute Gasteiger partial charge is 0.504 e. The fourth-order valence-corrected chi connectivity index (χ4v) is 4.88. The Balaban J connectivity index is 1.86. The maximum Gasteiger partial charge on any atom is 0.224 e. The molecule has 0 radical (unpaired) electrons. The van der Waals surface area contributed by atoms with Gasteiger partial charge in [-0.2, -0.15) is 0 Å². The van der Waals surface area contributed by atoms with Gasteiger partial charge in [0.25, 0.3) is 0 Å². The van der Waals surface area contributed by atoms with Crippen LogP contribution >= 0.6 is 0 Å². The number of Topliss-reactive ketones (excluding diaryl/α,β-unsaturated/α-hetero) is 1. The molecule has 30 heavy (non-hydrogen) atoms. The van der Waals surface area contributed by atoms with E-state index in [0.717, 1.165) is 16.3 Å². The minimum Gasteiger partial charge on any atom is -0.504 e. The monoisotopic (exact) mass is 403 g/mol. The van der Waals surface area contributed by atoms with Crippen LogP contribution in [0.3, 0.4) is 0 Å². The second-order valence-corrected chi connectivity index (χ2v) is 7.62. The van der Waals surface area contributed by atoms with E-state index >= 15 is 0 Å². The van der Waals surface area contributed by atoms with Crippen molar-refractivity contribution in [2.45, 2.75) is 24.9 Å². The first-order valence-corrected chi connectivity index (χ1v) is 9.87. The molecule has 1 N–H and O–H groups in total. The van der Waals surface area contributed by atoms with E-state index in [1.807, 2.05) is 42.5 Å². The summed E-state index contributed by atoms with van der Waals surface area (Å²) in [4.78, 5) is 27.9. The van der Waals surface area contributed by atoms with Gasteiger partial charge < -0.3 is 19.5 Å². The Morgan fingerprint density at radius 1 is 1.00 bits per heavy atom. The molecule has 0 spiro atoms. The number of nitrogens with zero attached hydrogens (tertiary/aromatic N) is 1. The smallest absolute Gasteiger partial charge is 0.224 e. The molecule has 152 valence electrons. The second kappa shape index (κ2) is 6.76. The number of carbonyl (C=O) groups is 2. The minimum atomic E-state index is -0.599. The van der Waals surface area contributed by atoms with Crippen molar-refractivity contribution in [3.63, 3.8) is 0 Å². The Labute approximate surface area is 173 Å². The van der Waals surface area contributed by atoms with Crippen LogP contribution in [0.25, 0.3) is 10.8 Å². The molecule has 0 unspecified atom stereocenters. The maximum atomic E-state index is 13.3. The van der Waals surface area contributed by atoms with Gasteiger partial charge in [-0.25, -0.2) is 0 Å². The van der Waals surface area contributed by atoms with Crippen LogP contribution in [0.1, 0.15) is 40.4 Å². The molecule has 1 amide bonds. The number of aromatic hydroxyl groups is 1. The summed E-state index contributed by atoms with van der Waals surface area (Å²) in [5.74, 6) is -0.117. The number of carbonyl (C=O) groups excluding carboxylic acids is 2. The molecular formula is C24H21NO5. The van der Waals surface area contributed by atoms with Gasteiger partial charge in [0.2, 0.25) is 11.7 Å². The van der Waals surface area contributed by atoms with Gasteiger partial charge in [0.05, 0.1) is 31.9 Å². The first kappa shape index (κ1) is 18.5. The number of ketones is 1. The van der Waals surface area contributed by atoms with E-state index in [4.69, 9.17) is 9.47 Å². The van der Waals surface area contributed by atoms with Crippen LogP contribution in [-0.2, 0) is 4.79 Å². The molecule has 0 saturated carbocycles. The van der Waals surface area contributed by atoms with Crippen molar-refractivity contribution < 1.29 is 24.2 Å². The normalized spacial score (nSPS) is 20.3. The number of hydrogen-bond donors (Lipinski definition) is 1. The molecule has 2 heterocycles. The molecule has 0 aliphatic carbocycles. The molecule has 3 aromatic carbocycles. The molecular weight excluding hydrogens is 382 g/mol. The highest BCUT2D eigenvalue weighted by Gasteiger charge is 2.49. The molecule has 0 aromatic heterocycles. The van der Waals surface area contributed by atoms with Gasteiger partial charge in [0, 0.05) is 6.42 Å². The topological polar surface area (TPSA) is 76.1 Å². The summed E-state index contributed by atoms with van der Waals surface area (Å²) in [6, 6.07) is 14.5. The van der Waals surface area contributed by atoms with Crippen LogP contribution in [-0.4, -0.2) is 42.0 Å². The van der Waals surface area contributed by atoms with Gasteiger partial charge in [0.1, 0.15) is 0 Å². The lowest BCUT2D eigenvalue weighted by atomic mass is 9.82. The van der Waals surface area contributed by atoms with Crippen LogP contribution in [0.2, 0.25) is 0 Å². The number of rotatable bonds is 3. The summed E-state index contributed by atoms with van der Waals surface area (Å²) in [6.45, 7) is 0. The van der Waals surface area contributed by atoms with E-state index in [2.05, 4.69) is 0 Å². The number of hydrogen-bond acceptors (Lipinski definition) is 5. The zero-order valence-corrected chi connectivity index (χ0v) is 16.7. The number of fused-ring (bicyclic) bond motifs is 3. The van der Waals surface area contributed by atoms with E-state index in [-0.39, 0.29) is 28.8 Å². The van der Waals surface area contributed by atoms with Crippen molar-refractivity contribution in [1.82, 2.24) is 4.90 Å². The van der Waals surface area contributed by atoms with Gasteiger partial charge in [-0.3, -0.25) is 9.59 Å². The average Bonchev–Trinajstić information content (AvgIpc) is 3.15. The van der Waals surface area contributed by atoms with E-state index < -0.39 is 12.1 Å². The van der Waals surface area contributed by atoms with Gasteiger partial charge in [-0.05, 0) is 34.4 Å². The maximum absolute atomic E-state index is 13.3. The number of ether oxygens (including phenoxy) is 2. The molecule has 2 aliphatic heterocycles. The number of amides is 1. The van der Waals surface area contributed by atoms with Crippen molar-refractivity contribution in [2.75, 3.05) is 14.2 Å². The van der Waals surface area contributed by atoms with Crippen LogP contribution < -0.4 is 9.47 Å². The lowest BCUT2D eigenvalue weighted by molar-refractivity contribution is -0.130. The lowest BCUT2D eigenvalue weighted by Gasteiger charge is -2.39. The summed E-state index contributed by atoms with van der Waals surface area (Å²) in [6.07, 6.45) is 0.743. The first-order chi connectivity index (χ1) is 14.6. The average molecular weight is 403 g/mol. The summed E-state index contributed by atoms with van der Waals surface area (Å²) < 4.78 is 10.7. The number of phenolic OH excluding ortho intramolecular Hbond substituents is 1. The third kappa shape index (κ3) is 2.43. The highest BCUT2D eigenvalue weighted by atomic mass is 16.5. The van der Waals surface area contributed by atoms with Crippen LogP contribution in [0.15, 0.2) is 48.5 Å². The predicted octanol–water partition coefficient (Wildman–Crippen LogP) is 3.84. The third-order valence-corrected chi connectivity index (χ3v) is 6.17. The third-order valence-electron chi connectivity index (χ3n) is 6.17. The Morgan fingerprint density at radius 2 is 1.77 bits per heavy atom. The van der Waals surface area contributed by atoms with Gasteiger partial charge >= 0.3 is 0 Å². The zero-order chi connectivity index (χ0) is 21.0. The molecule has 2 atom stereocenters. The highest BCUT2D eigenvalue weighted by molar-refractivity contribution is 6.09. The van der Waals surface area contributed by atoms with Crippen LogP contribution in [0, 0.1) is 0 Å². The Hall–Kier alpha value is -3.54. The Bertz CT molecular complexity index is 1200. The van der Waals surface area contributed by atoms with Crippen molar-refractivity contribution in [2.24, 2.45) is 0 Å². The zero-order valence-electron chi connectivity index (χ0n) is 16.7. The molecule has 0 bridgehead atoms. The number of phenols is 1. The standard InChI is InChI=1S/C24H21NO5/c1-29-18-12-16-20(23(28)24(18)30-2)22(27)17-10-11-19(26)25(17)21(16)15-9-5-7-13-6-3-4-8-14(13)15/h3-9,12,17,21,28H,10-11H2,1-2H3/t17-,21-/m1/s1. The quantitative estimate of drug-likeness (QED) is 0.719. The van der Waals surface area contributed by atoms with Crippen LogP contribution in [0.4, 0.5) is 0 Å². The van der Waals surface area contributed by atoms with Crippen molar-refractivity contribution in [3.05, 3.63) is 65.2 Å². The van der Waals surface area contributed by atoms with Gasteiger partial charge in [0.15, 0.2) is 17.3 Å². The number of benzene rings is 3. The molecule has 3 aromatic rings. The summed E-state index contributed by atoms with van der Waals surface area (Å²) in [5.41, 5.74) is 1.67. The highest BCUT2D eigenvalue weighted by Crippen LogP contribution is 2.51. The van der Waals surface area contributed by atoms with E-state index in [1.165, 1.54) is 14.2 Å². The van der Waals surface area contributed by atoms with Crippen molar-refractivity contribution >= 4 is 22.5 Å². The first-order valence-electron chi connectivity index (χ1n) is 9.87. The van der Waals surface area contributed by atoms with Crippen molar-refractivity contribution in [1.29, 1.82) is 0 Å². The van der Waals surface area contributed by atoms with Crippen molar-refractivity contribution in [3.8, 4) is 17.2 Å². The molecule has 6 heteroatoms.